The monoisotopic (exact) mass is 844 g/mol. The highest BCUT2D eigenvalue weighted by atomic mass is 16.5. The van der Waals surface area contributed by atoms with Gasteiger partial charge in [-0.3, -0.25) is 0 Å². The van der Waals surface area contributed by atoms with Crippen LogP contribution in [0.25, 0.3) is 27.5 Å². The van der Waals surface area contributed by atoms with E-state index >= 15 is 0 Å². The molecule has 0 amide bonds. The van der Waals surface area contributed by atoms with E-state index in [4.69, 9.17) is 4.74 Å². The van der Waals surface area contributed by atoms with Crippen molar-refractivity contribution < 1.29 is 4.74 Å². The Morgan fingerprint density at radius 2 is 0.833 bits per heavy atom. The molecule has 3 heterocycles. The number of fused-ring (bicyclic) bond motifs is 7. The van der Waals surface area contributed by atoms with Crippen molar-refractivity contribution in [1.29, 1.82) is 0 Å². The summed E-state index contributed by atoms with van der Waals surface area (Å²) in [6.45, 7) is -0.0975. The lowest BCUT2D eigenvalue weighted by molar-refractivity contribution is 0.488. The SMILES string of the molecule is c1ccc(N(c2ccccc2)c2cc3c4c(c2)N(c2ccccc2)c2ccccc2B4c2cc4c(cc2O3)c2ccc(N(c3ccccc3)c3ccccc3)cc2n4-c2ccccc2)cc1. The first-order valence-electron chi connectivity index (χ1n) is 22.5. The highest BCUT2D eigenvalue weighted by Crippen LogP contribution is 2.47. The second-order valence-corrected chi connectivity index (χ2v) is 16.9. The highest BCUT2D eigenvalue weighted by molar-refractivity contribution is 6.99. The third kappa shape index (κ3) is 6.11. The number of para-hydroxylation sites is 7. The van der Waals surface area contributed by atoms with Crippen molar-refractivity contribution in [2.75, 3.05) is 14.7 Å². The second kappa shape index (κ2) is 15.5. The summed E-state index contributed by atoms with van der Waals surface area (Å²) < 4.78 is 9.80. The average Bonchev–Trinajstić information content (AvgIpc) is 3.70. The van der Waals surface area contributed by atoms with Crippen LogP contribution in [0.2, 0.25) is 0 Å². The van der Waals surface area contributed by atoms with E-state index in [1.54, 1.807) is 0 Å². The molecule has 0 bridgehead atoms. The van der Waals surface area contributed by atoms with E-state index < -0.39 is 0 Å². The Morgan fingerprint density at radius 3 is 1.42 bits per heavy atom. The molecule has 2 aliphatic rings. The van der Waals surface area contributed by atoms with Gasteiger partial charge in [0.1, 0.15) is 11.5 Å². The molecule has 5 nitrogen and oxygen atoms in total. The number of aromatic nitrogens is 1. The molecule has 6 heteroatoms. The third-order valence-electron chi connectivity index (χ3n) is 13.1. The molecule has 0 unspecified atom stereocenters. The number of benzene rings is 10. The summed E-state index contributed by atoms with van der Waals surface area (Å²) in [6, 6.07) is 89.1. The normalized spacial score (nSPS) is 12.3. The fourth-order valence-electron chi connectivity index (χ4n) is 10.4. The number of nitrogens with zero attached hydrogens (tertiary/aromatic N) is 4. The van der Waals surface area contributed by atoms with Gasteiger partial charge in [-0.15, -0.1) is 0 Å². The molecular formula is C60H41BN4O. The molecule has 0 aliphatic carbocycles. The first-order valence-corrected chi connectivity index (χ1v) is 22.5. The topological polar surface area (TPSA) is 23.9 Å². The van der Waals surface area contributed by atoms with Crippen LogP contribution in [-0.4, -0.2) is 11.3 Å². The molecule has 13 rings (SSSR count). The number of anilines is 9. The van der Waals surface area contributed by atoms with Gasteiger partial charge in [0.15, 0.2) is 0 Å². The van der Waals surface area contributed by atoms with Crippen LogP contribution in [0.15, 0.2) is 249 Å². The third-order valence-corrected chi connectivity index (χ3v) is 13.1. The fourth-order valence-corrected chi connectivity index (χ4v) is 10.4. The molecule has 0 spiro atoms. The first-order chi connectivity index (χ1) is 32.8. The largest absolute Gasteiger partial charge is 0.458 e. The summed E-state index contributed by atoms with van der Waals surface area (Å²) >= 11 is 0. The molecule has 10 aromatic carbocycles. The van der Waals surface area contributed by atoms with E-state index in [-0.39, 0.29) is 6.71 Å². The van der Waals surface area contributed by atoms with Crippen LogP contribution in [0.4, 0.5) is 51.2 Å². The maximum Gasteiger partial charge on any atom is 0.256 e. The Labute approximate surface area is 384 Å². The lowest BCUT2D eigenvalue weighted by Crippen LogP contribution is -2.59. The lowest BCUT2D eigenvalue weighted by Gasteiger charge is -2.41. The minimum absolute atomic E-state index is 0.0975. The second-order valence-electron chi connectivity index (χ2n) is 16.9. The Bertz CT molecular complexity index is 3490. The van der Waals surface area contributed by atoms with E-state index in [9.17, 15) is 0 Å². The Hall–Kier alpha value is -8.74. The smallest absolute Gasteiger partial charge is 0.256 e. The van der Waals surface area contributed by atoms with Gasteiger partial charge in [-0.05, 0) is 126 Å². The number of ether oxygens (including phenoxy) is 1. The number of rotatable bonds is 8. The standard InChI is InChI=1S/C60H41BN4O/c1-7-21-42(22-8-1)62(43-23-9-2-10-24-43)48-35-36-50-51-40-58-53(41-56(51)65(55(50)37-48)47-31-17-6-18-32-47)61-52-33-19-20-34-54(52)64(46-29-15-5-16-30-46)57-38-49(39-59(66-58)60(57)61)63(44-25-11-3-12-26-44)45-27-13-4-14-28-45/h1-41H. The van der Waals surface area contributed by atoms with Crippen LogP contribution >= 0.6 is 0 Å². The number of hydrogen-bond donors (Lipinski definition) is 0. The van der Waals surface area contributed by atoms with Crippen molar-refractivity contribution in [3.63, 3.8) is 0 Å². The molecule has 2 aliphatic heterocycles. The highest BCUT2D eigenvalue weighted by Gasteiger charge is 2.43. The molecule has 11 aromatic rings. The zero-order valence-corrected chi connectivity index (χ0v) is 35.9. The summed E-state index contributed by atoms with van der Waals surface area (Å²) in [6.07, 6.45) is 0. The molecule has 0 saturated carbocycles. The molecule has 0 atom stereocenters. The molecule has 0 saturated heterocycles. The van der Waals surface area contributed by atoms with Crippen LogP contribution < -0.4 is 35.8 Å². The van der Waals surface area contributed by atoms with Crippen molar-refractivity contribution in [2.24, 2.45) is 0 Å². The van der Waals surface area contributed by atoms with Crippen LogP contribution in [0, 0.1) is 0 Å². The molecule has 0 N–H and O–H groups in total. The molecular weight excluding hydrogens is 803 g/mol. The van der Waals surface area contributed by atoms with E-state index in [2.05, 4.69) is 268 Å². The van der Waals surface area contributed by atoms with Crippen molar-refractivity contribution >= 4 is 96.1 Å². The van der Waals surface area contributed by atoms with Gasteiger partial charge in [0, 0.05) is 68.0 Å². The summed E-state index contributed by atoms with van der Waals surface area (Å²) in [5, 5.41) is 2.29. The van der Waals surface area contributed by atoms with Gasteiger partial charge >= 0.3 is 0 Å². The van der Waals surface area contributed by atoms with Gasteiger partial charge in [-0.1, -0.05) is 133 Å². The number of hydrogen-bond acceptors (Lipinski definition) is 4. The molecule has 0 radical (unpaired) electrons. The van der Waals surface area contributed by atoms with Crippen molar-refractivity contribution in [3.8, 4) is 17.2 Å². The van der Waals surface area contributed by atoms with Crippen molar-refractivity contribution in [3.05, 3.63) is 249 Å². The van der Waals surface area contributed by atoms with Gasteiger partial charge < -0.3 is 24.0 Å². The van der Waals surface area contributed by atoms with E-state index in [1.165, 1.54) is 5.46 Å². The van der Waals surface area contributed by atoms with Crippen molar-refractivity contribution in [1.82, 2.24) is 4.57 Å². The Morgan fingerprint density at radius 1 is 0.333 bits per heavy atom. The van der Waals surface area contributed by atoms with Gasteiger partial charge in [-0.25, -0.2) is 0 Å². The van der Waals surface area contributed by atoms with E-state index in [0.29, 0.717) is 0 Å². The van der Waals surface area contributed by atoms with Crippen LogP contribution in [0.5, 0.6) is 11.5 Å². The molecule has 66 heavy (non-hydrogen) atoms. The Kier molecular flexibility index (Phi) is 8.88. The Balaban J connectivity index is 1.07. The fraction of sp³-hybridized carbons (Fsp3) is 0. The summed E-state index contributed by atoms with van der Waals surface area (Å²) in [7, 11) is 0. The minimum Gasteiger partial charge on any atom is -0.458 e. The lowest BCUT2D eigenvalue weighted by atomic mass is 9.34. The zero-order chi connectivity index (χ0) is 43.6. The summed E-state index contributed by atoms with van der Waals surface area (Å²) in [5.41, 5.74) is 16.6. The van der Waals surface area contributed by atoms with Crippen LogP contribution in [0.1, 0.15) is 0 Å². The molecule has 1 aromatic heterocycles. The maximum atomic E-state index is 7.36. The summed E-state index contributed by atoms with van der Waals surface area (Å²) in [5.74, 6) is 1.71. The minimum atomic E-state index is -0.0975. The maximum absolute atomic E-state index is 7.36. The first kappa shape index (κ1) is 37.8. The van der Waals surface area contributed by atoms with E-state index in [1.807, 2.05) is 0 Å². The van der Waals surface area contributed by atoms with Crippen LogP contribution in [-0.2, 0) is 0 Å². The molecule has 0 fully saturated rings. The van der Waals surface area contributed by atoms with E-state index in [0.717, 1.165) is 101 Å². The predicted molar refractivity (Wildman–Crippen MR) is 276 cm³/mol. The quantitative estimate of drug-likeness (QED) is 0.142. The van der Waals surface area contributed by atoms with Crippen LogP contribution in [0.3, 0.4) is 0 Å². The van der Waals surface area contributed by atoms with Gasteiger partial charge in [0.2, 0.25) is 0 Å². The summed E-state index contributed by atoms with van der Waals surface area (Å²) in [4.78, 5) is 7.08. The van der Waals surface area contributed by atoms with Crippen molar-refractivity contribution in [2.45, 2.75) is 0 Å². The van der Waals surface area contributed by atoms with Gasteiger partial charge in [-0.2, -0.15) is 0 Å². The zero-order valence-electron chi connectivity index (χ0n) is 35.9. The molecule has 310 valence electrons. The van der Waals surface area contributed by atoms with Gasteiger partial charge in [0.05, 0.1) is 16.7 Å². The predicted octanol–water partition coefficient (Wildman–Crippen LogP) is 14.1. The average molecular weight is 845 g/mol. The van der Waals surface area contributed by atoms with Gasteiger partial charge in [0.25, 0.3) is 6.71 Å².